The fourth-order valence-corrected chi connectivity index (χ4v) is 4.23. The van der Waals surface area contributed by atoms with E-state index in [-0.39, 0.29) is 10.8 Å². The molecule has 6 nitrogen and oxygen atoms in total. The number of ether oxygens (including phenoxy) is 1. The Morgan fingerprint density at radius 1 is 1.22 bits per heavy atom. The van der Waals surface area contributed by atoms with Crippen LogP contribution in [0.25, 0.3) is 0 Å². The Bertz CT molecular complexity index is 652. The van der Waals surface area contributed by atoms with Crippen molar-refractivity contribution in [3.05, 3.63) is 18.2 Å². The van der Waals surface area contributed by atoms with Gasteiger partial charge in [-0.3, -0.25) is 4.79 Å². The summed E-state index contributed by atoms with van der Waals surface area (Å²) in [6.45, 7) is 4.99. The number of amides is 1. The molecule has 1 aliphatic heterocycles. The van der Waals surface area contributed by atoms with Crippen LogP contribution in [-0.2, 0) is 14.8 Å². The van der Waals surface area contributed by atoms with Crippen molar-refractivity contribution < 1.29 is 17.9 Å². The molecule has 0 spiro atoms. The van der Waals surface area contributed by atoms with E-state index in [2.05, 4.69) is 5.32 Å². The van der Waals surface area contributed by atoms with Gasteiger partial charge in [0.1, 0.15) is 10.6 Å². The molecule has 1 aliphatic rings. The number of hydrogen-bond acceptors (Lipinski definition) is 4. The minimum absolute atomic E-state index is 0.121. The first kappa shape index (κ1) is 17.7. The maximum atomic E-state index is 12.9. The molecule has 1 aromatic rings. The number of sulfonamides is 1. The van der Waals surface area contributed by atoms with Gasteiger partial charge < -0.3 is 10.1 Å². The van der Waals surface area contributed by atoms with Crippen molar-refractivity contribution >= 4 is 21.6 Å². The number of hydrogen-bond donors (Lipinski definition) is 1. The number of carbonyl (C=O) groups is 1. The Labute approximate surface area is 137 Å². The Balaban J connectivity index is 2.39. The van der Waals surface area contributed by atoms with Gasteiger partial charge in [0.15, 0.2) is 0 Å². The lowest BCUT2D eigenvalue weighted by Gasteiger charge is -2.27. The molecule has 0 aromatic heterocycles. The quantitative estimate of drug-likeness (QED) is 0.864. The lowest BCUT2D eigenvalue weighted by molar-refractivity contribution is -0.115. The smallest absolute Gasteiger partial charge is 0.246 e. The second-order valence-corrected chi connectivity index (χ2v) is 7.37. The molecule has 0 bridgehead atoms. The molecule has 1 heterocycles. The van der Waals surface area contributed by atoms with Crippen LogP contribution < -0.4 is 10.1 Å². The van der Waals surface area contributed by atoms with E-state index in [9.17, 15) is 13.2 Å². The Hall–Kier alpha value is -1.60. The highest BCUT2D eigenvalue weighted by molar-refractivity contribution is 7.89. The summed E-state index contributed by atoms with van der Waals surface area (Å²) in [5.41, 5.74) is 0.468. The molecule has 1 aromatic carbocycles. The summed E-state index contributed by atoms with van der Waals surface area (Å²) in [6.07, 6.45) is 3.13. The standard InChI is InChI=1S/C16H24N2O4S/c1-3-16(19)17-13-8-9-14(22-4-2)15(12-13)23(20,21)18-10-6-5-7-11-18/h8-9,12H,3-7,10-11H2,1-2H3,(H,17,19). The summed E-state index contributed by atoms with van der Waals surface area (Å²) in [5.74, 6) is 0.169. The third kappa shape index (κ3) is 4.23. The zero-order valence-corrected chi connectivity index (χ0v) is 14.5. The monoisotopic (exact) mass is 340 g/mol. The van der Waals surface area contributed by atoms with Crippen molar-refractivity contribution in [1.82, 2.24) is 4.31 Å². The fraction of sp³-hybridized carbons (Fsp3) is 0.562. The van der Waals surface area contributed by atoms with Crippen LogP contribution in [0, 0.1) is 0 Å². The number of nitrogens with zero attached hydrogens (tertiary/aromatic N) is 1. The Morgan fingerprint density at radius 3 is 2.52 bits per heavy atom. The second kappa shape index (κ2) is 7.79. The highest BCUT2D eigenvalue weighted by Gasteiger charge is 2.29. The SMILES string of the molecule is CCOc1ccc(NC(=O)CC)cc1S(=O)(=O)N1CCCCC1. The lowest BCUT2D eigenvalue weighted by atomic mass is 10.2. The predicted octanol–water partition coefficient (Wildman–Crippen LogP) is 2.61. The van der Waals surface area contributed by atoms with Crippen LogP contribution in [0.3, 0.4) is 0 Å². The predicted molar refractivity (Wildman–Crippen MR) is 89.1 cm³/mol. The number of anilines is 1. The molecule has 128 valence electrons. The molecule has 0 aliphatic carbocycles. The van der Waals surface area contributed by atoms with Gasteiger partial charge in [-0.25, -0.2) is 8.42 Å². The van der Waals surface area contributed by atoms with Crippen LogP contribution in [0.4, 0.5) is 5.69 Å². The molecule has 23 heavy (non-hydrogen) atoms. The molecule has 1 fully saturated rings. The zero-order chi connectivity index (χ0) is 16.9. The first-order chi connectivity index (χ1) is 11.0. The van der Waals surface area contributed by atoms with Crippen LogP contribution in [0.15, 0.2) is 23.1 Å². The third-order valence-corrected chi connectivity index (χ3v) is 5.70. The van der Waals surface area contributed by atoms with Gasteiger partial charge in [-0.05, 0) is 38.0 Å². The van der Waals surface area contributed by atoms with Gasteiger partial charge >= 0.3 is 0 Å². The van der Waals surface area contributed by atoms with Gasteiger partial charge in [-0.1, -0.05) is 13.3 Å². The van der Waals surface area contributed by atoms with Gasteiger partial charge in [-0.15, -0.1) is 0 Å². The van der Waals surface area contributed by atoms with Crippen molar-refractivity contribution in [3.8, 4) is 5.75 Å². The minimum atomic E-state index is -3.62. The van der Waals surface area contributed by atoms with E-state index in [4.69, 9.17) is 4.74 Å². The number of rotatable bonds is 6. The van der Waals surface area contributed by atoms with Crippen LogP contribution >= 0.6 is 0 Å². The molecule has 0 atom stereocenters. The van der Waals surface area contributed by atoms with Gasteiger partial charge in [-0.2, -0.15) is 4.31 Å². The summed E-state index contributed by atoms with van der Waals surface area (Å²) in [5, 5.41) is 2.70. The molecular formula is C16H24N2O4S. The van der Waals surface area contributed by atoms with Crippen molar-refractivity contribution in [1.29, 1.82) is 0 Å². The van der Waals surface area contributed by atoms with E-state index >= 15 is 0 Å². The van der Waals surface area contributed by atoms with Crippen molar-refractivity contribution in [2.45, 2.75) is 44.4 Å². The summed E-state index contributed by atoms with van der Waals surface area (Å²) in [4.78, 5) is 11.7. The van der Waals surface area contributed by atoms with Gasteiger partial charge in [0, 0.05) is 25.2 Å². The number of nitrogens with one attached hydrogen (secondary N) is 1. The van der Waals surface area contributed by atoms with E-state index in [0.717, 1.165) is 19.3 Å². The summed E-state index contributed by atoms with van der Waals surface area (Å²) in [6, 6.07) is 4.75. The molecule has 0 radical (unpaired) electrons. The Morgan fingerprint density at radius 2 is 1.91 bits per heavy atom. The normalized spacial score (nSPS) is 16.1. The summed E-state index contributed by atoms with van der Waals surface area (Å²) < 4.78 is 32.8. The van der Waals surface area contributed by atoms with Crippen LogP contribution in [0.1, 0.15) is 39.5 Å². The average molecular weight is 340 g/mol. The zero-order valence-electron chi connectivity index (χ0n) is 13.7. The number of piperidine rings is 1. The molecule has 0 unspecified atom stereocenters. The van der Waals surface area contributed by atoms with E-state index in [0.29, 0.717) is 37.6 Å². The van der Waals surface area contributed by atoms with Crippen molar-refractivity contribution in [3.63, 3.8) is 0 Å². The second-order valence-electron chi connectivity index (χ2n) is 5.46. The molecule has 2 rings (SSSR count). The van der Waals surface area contributed by atoms with E-state index in [1.807, 2.05) is 6.92 Å². The van der Waals surface area contributed by atoms with Crippen LogP contribution in [0.5, 0.6) is 5.75 Å². The summed E-state index contributed by atoms with van der Waals surface area (Å²) in [7, 11) is -3.62. The topological polar surface area (TPSA) is 75.7 Å². The average Bonchev–Trinajstić information content (AvgIpc) is 2.57. The first-order valence-corrected chi connectivity index (χ1v) is 9.50. The summed E-state index contributed by atoms with van der Waals surface area (Å²) >= 11 is 0. The maximum absolute atomic E-state index is 12.9. The Kier molecular flexibility index (Phi) is 6.01. The molecule has 1 N–H and O–H groups in total. The highest BCUT2D eigenvalue weighted by Crippen LogP contribution is 2.31. The molecular weight excluding hydrogens is 316 g/mol. The van der Waals surface area contributed by atoms with Crippen molar-refractivity contribution in [2.75, 3.05) is 25.0 Å². The molecule has 0 saturated carbocycles. The van der Waals surface area contributed by atoms with Crippen LogP contribution in [-0.4, -0.2) is 38.3 Å². The van der Waals surface area contributed by atoms with Gasteiger partial charge in [0.25, 0.3) is 0 Å². The molecule has 1 saturated heterocycles. The van der Waals surface area contributed by atoms with Crippen LogP contribution in [0.2, 0.25) is 0 Å². The first-order valence-electron chi connectivity index (χ1n) is 8.06. The largest absolute Gasteiger partial charge is 0.492 e. The van der Waals surface area contributed by atoms with Gasteiger partial charge in [0.2, 0.25) is 15.9 Å². The molecule has 1 amide bonds. The maximum Gasteiger partial charge on any atom is 0.246 e. The number of benzene rings is 1. The van der Waals surface area contributed by atoms with E-state index in [1.54, 1.807) is 19.1 Å². The fourth-order valence-electron chi connectivity index (χ4n) is 2.56. The minimum Gasteiger partial charge on any atom is -0.492 e. The van der Waals surface area contributed by atoms with E-state index < -0.39 is 10.0 Å². The number of carbonyl (C=O) groups excluding carboxylic acids is 1. The highest BCUT2D eigenvalue weighted by atomic mass is 32.2. The van der Waals surface area contributed by atoms with Gasteiger partial charge in [0.05, 0.1) is 6.61 Å². The molecule has 7 heteroatoms. The lowest BCUT2D eigenvalue weighted by Crippen LogP contribution is -2.35. The van der Waals surface area contributed by atoms with Crippen molar-refractivity contribution in [2.24, 2.45) is 0 Å². The third-order valence-electron chi connectivity index (χ3n) is 3.78. The van der Waals surface area contributed by atoms with E-state index in [1.165, 1.54) is 10.4 Å².